The Hall–Kier alpha value is -3.87. The molecule has 166 valence electrons. The zero-order valence-electron chi connectivity index (χ0n) is 18.5. The molecule has 0 aliphatic rings. The Balaban J connectivity index is 1.55. The SMILES string of the molecule is CC(=O)c1c(C)[nH]c(C(=O)OC(C)C(=O)Nc2ccc(OCc3ccccc3)cc2)c1C. The number of benzene rings is 2. The number of amides is 1. The minimum absolute atomic E-state index is 0.141. The molecule has 0 fully saturated rings. The van der Waals surface area contributed by atoms with Crippen molar-refractivity contribution in [1.29, 1.82) is 0 Å². The maximum absolute atomic E-state index is 12.5. The van der Waals surface area contributed by atoms with Gasteiger partial charge in [0.25, 0.3) is 5.91 Å². The first-order chi connectivity index (χ1) is 15.3. The van der Waals surface area contributed by atoms with Crippen molar-refractivity contribution >= 4 is 23.3 Å². The van der Waals surface area contributed by atoms with Crippen molar-refractivity contribution in [3.63, 3.8) is 0 Å². The molecule has 7 nitrogen and oxygen atoms in total. The number of H-pyrrole nitrogens is 1. The fourth-order valence-electron chi connectivity index (χ4n) is 3.37. The molecule has 0 bridgehead atoms. The van der Waals surface area contributed by atoms with E-state index in [2.05, 4.69) is 10.3 Å². The molecule has 1 unspecified atom stereocenters. The van der Waals surface area contributed by atoms with Crippen molar-refractivity contribution in [1.82, 2.24) is 4.98 Å². The number of hydrogen-bond acceptors (Lipinski definition) is 5. The van der Waals surface area contributed by atoms with Crippen LogP contribution in [0.5, 0.6) is 5.75 Å². The van der Waals surface area contributed by atoms with E-state index in [1.165, 1.54) is 13.8 Å². The number of nitrogens with one attached hydrogen (secondary N) is 2. The van der Waals surface area contributed by atoms with Gasteiger partial charge in [-0.2, -0.15) is 0 Å². The predicted molar refractivity (Wildman–Crippen MR) is 121 cm³/mol. The summed E-state index contributed by atoms with van der Waals surface area (Å²) in [6, 6.07) is 16.7. The maximum Gasteiger partial charge on any atom is 0.355 e. The predicted octanol–water partition coefficient (Wildman–Crippen LogP) is 4.60. The third kappa shape index (κ3) is 5.43. The lowest BCUT2D eigenvalue weighted by atomic mass is 10.1. The molecule has 1 aromatic heterocycles. The van der Waals surface area contributed by atoms with Gasteiger partial charge in [-0.05, 0) is 63.1 Å². The Kier molecular flexibility index (Phi) is 7.10. The van der Waals surface area contributed by atoms with Gasteiger partial charge in [0.05, 0.1) is 0 Å². The Morgan fingerprint density at radius 2 is 1.66 bits per heavy atom. The normalized spacial score (nSPS) is 11.5. The van der Waals surface area contributed by atoms with Gasteiger partial charge < -0.3 is 19.8 Å². The standard InChI is InChI=1S/C25H26N2O5/c1-15-22(17(3)28)16(2)26-23(15)25(30)32-18(4)24(29)27-20-10-12-21(13-11-20)31-14-19-8-6-5-7-9-19/h5-13,18,26H,14H2,1-4H3,(H,27,29). The highest BCUT2D eigenvalue weighted by molar-refractivity contribution is 6.02. The van der Waals surface area contributed by atoms with Crippen LogP contribution in [-0.2, 0) is 16.1 Å². The molecule has 7 heteroatoms. The second-order valence-corrected chi connectivity index (χ2v) is 7.52. The number of hydrogen-bond donors (Lipinski definition) is 2. The van der Waals surface area contributed by atoms with Gasteiger partial charge in [-0.3, -0.25) is 9.59 Å². The first-order valence-corrected chi connectivity index (χ1v) is 10.2. The summed E-state index contributed by atoms with van der Waals surface area (Å²) in [4.78, 5) is 39.6. The van der Waals surface area contributed by atoms with Crippen LogP contribution in [0.25, 0.3) is 0 Å². The third-order valence-corrected chi connectivity index (χ3v) is 5.02. The van der Waals surface area contributed by atoms with Crippen LogP contribution in [0.4, 0.5) is 5.69 Å². The average Bonchev–Trinajstić information content (AvgIpc) is 3.08. The van der Waals surface area contributed by atoms with E-state index in [4.69, 9.17) is 9.47 Å². The number of aromatic amines is 1. The number of rotatable bonds is 8. The number of carbonyl (C=O) groups is 3. The maximum atomic E-state index is 12.5. The Bertz CT molecular complexity index is 1120. The molecule has 0 radical (unpaired) electrons. The van der Waals surface area contributed by atoms with Crippen LogP contribution in [0.1, 0.15) is 51.5 Å². The van der Waals surface area contributed by atoms with E-state index in [1.54, 1.807) is 38.1 Å². The fraction of sp³-hybridized carbons (Fsp3) is 0.240. The van der Waals surface area contributed by atoms with Crippen LogP contribution in [0.15, 0.2) is 54.6 Å². The molecule has 0 saturated carbocycles. The van der Waals surface area contributed by atoms with Crippen molar-refractivity contribution in [3.8, 4) is 5.75 Å². The average molecular weight is 434 g/mol. The van der Waals surface area contributed by atoms with E-state index >= 15 is 0 Å². The number of aryl methyl sites for hydroxylation is 1. The first-order valence-electron chi connectivity index (χ1n) is 10.2. The highest BCUT2D eigenvalue weighted by atomic mass is 16.5. The van der Waals surface area contributed by atoms with Crippen LogP contribution < -0.4 is 10.1 Å². The summed E-state index contributed by atoms with van der Waals surface area (Å²) in [6.45, 7) is 6.75. The number of anilines is 1. The quantitative estimate of drug-likeness (QED) is 0.399. The molecular weight excluding hydrogens is 408 g/mol. The minimum atomic E-state index is -1.03. The second kappa shape index (κ2) is 9.96. The topological polar surface area (TPSA) is 97.5 Å². The summed E-state index contributed by atoms with van der Waals surface area (Å²) in [7, 11) is 0. The molecule has 0 spiro atoms. The van der Waals surface area contributed by atoms with Crippen LogP contribution in [0, 0.1) is 13.8 Å². The number of aromatic nitrogens is 1. The molecule has 0 saturated heterocycles. The van der Waals surface area contributed by atoms with Crippen LogP contribution in [0.3, 0.4) is 0 Å². The van der Waals surface area contributed by atoms with Crippen molar-refractivity contribution in [2.24, 2.45) is 0 Å². The number of carbonyl (C=O) groups excluding carboxylic acids is 3. The molecule has 0 aliphatic heterocycles. The van der Waals surface area contributed by atoms with Gasteiger partial charge in [0.15, 0.2) is 11.9 Å². The van der Waals surface area contributed by atoms with E-state index in [1.807, 2.05) is 30.3 Å². The molecule has 1 heterocycles. The van der Waals surface area contributed by atoms with Gasteiger partial charge >= 0.3 is 5.97 Å². The highest BCUT2D eigenvalue weighted by Crippen LogP contribution is 2.20. The van der Waals surface area contributed by atoms with Gasteiger partial charge in [0.1, 0.15) is 18.1 Å². The molecule has 2 N–H and O–H groups in total. The molecule has 1 amide bonds. The van der Waals surface area contributed by atoms with E-state index in [0.29, 0.717) is 34.9 Å². The molecule has 1 atom stereocenters. The Morgan fingerprint density at radius 1 is 1.00 bits per heavy atom. The second-order valence-electron chi connectivity index (χ2n) is 7.52. The first kappa shape index (κ1) is 22.8. The van der Waals surface area contributed by atoms with Crippen molar-refractivity contribution in [2.75, 3.05) is 5.32 Å². The number of esters is 1. The van der Waals surface area contributed by atoms with Gasteiger partial charge in [0, 0.05) is 16.9 Å². The summed E-state index contributed by atoms with van der Waals surface area (Å²) in [5.74, 6) is -0.628. The monoisotopic (exact) mass is 434 g/mol. The number of ether oxygens (including phenoxy) is 2. The minimum Gasteiger partial charge on any atom is -0.489 e. The van der Waals surface area contributed by atoms with Gasteiger partial charge in [-0.1, -0.05) is 30.3 Å². The molecule has 3 aromatic rings. The van der Waals surface area contributed by atoms with E-state index in [-0.39, 0.29) is 11.5 Å². The smallest absolute Gasteiger partial charge is 0.355 e. The zero-order valence-corrected chi connectivity index (χ0v) is 18.5. The summed E-state index contributed by atoms with van der Waals surface area (Å²) < 4.78 is 11.0. The summed E-state index contributed by atoms with van der Waals surface area (Å²) >= 11 is 0. The van der Waals surface area contributed by atoms with Crippen LogP contribution >= 0.6 is 0 Å². The van der Waals surface area contributed by atoms with Crippen molar-refractivity contribution in [2.45, 2.75) is 40.4 Å². The summed E-state index contributed by atoms with van der Waals surface area (Å²) in [6.07, 6.45) is -1.03. The van der Waals surface area contributed by atoms with Gasteiger partial charge in [-0.25, -0.2) is 4.79 Å². The lowest BCUT2D eigenvalue weighted by molar-refractivity contribution is -0.123. The lowest BCUT2D eigenvalue weighted by Gasteiger charge is -2.14. The lowest BCUT2D eigenvalue weighted by Crippen LogP contribution is -2.30. The Morgan fingerprint density at radius 3 is 2.25 bits per heavy atom. The van der Waals surface area contributed by atoms with E-state index in [0.717, 1.165) is 5.56 Å². The Labute approximate surface area is 186 Å². The largest absolute Gasteiger partial charge is 0.489 e. The van der Waals surface area contributed by atoms with Crippen LogP contribution in [-0.4, -0.2) is 28.7 Å². The molecule has 0 aliphatic carbocycles. The molecule has 32 heavy (non-hydrogen) atoms. The number of Topliss-reactive ketones (excluding diaryl/α,β-unsaturated/α-hetero) is 1. The van der Waals surface area contributed by atoms with Crippen molar-refractivity contribution in [3.05, 3.63) is 82.7 Å². The van der Waals surface area contributed by atoms with E-state index in [9.17, 15) is 14.4 Å². The molecule has 2 aromatic carbocycles. The summed E-state index contributed by atoms with van der Waals surface area (Å²) in [5, 5.41) is 2.71. The third-order valence-electron chi connectivity index (χ3n) is 5.02. The van der Waals surface area contributed by atoms with Gasteiger partial charge in [0.2, 0.25) is 0 Å². The van der Waals surface area contributed by atoms with Gasteiger partial charge in [-0.15, -0.1) is 0 Å². The van der Waals surface area contributed by atoms with Crippen LogP contribution in [0.2, 0.25) is 0 Å². The molecule has 3 rings (SSSR count). The molecular formula is C25H26N2O5. The highest BCUT2D eigenvalue weighted by Gasteiger charge is 2.24. The van der Waals surface area contributed by atoms with Crippen molar-refractivity contribution < 1.29 is 23.9 Å². The fourth-order valence-corrected chi connectivity index (χ4v) is 3.37. The zero-order chi connectivity index (χ0) is 23.3. The number of ketones is 1. The van der Waals surface area contributed by atoms with E-state index < -0.39 is 18.0 Å². The summed E-state index contributed by atoms with van der Waals surface area (Å²) in [5.41, 5.74) is 3.35.